The maximum absolute atomic E-state index is 5.38. The number of ether oxygens (including phenoxy) is 2. The van der Waals surface area contributed by atoms with Crippen molar-refractivity contribution in [1.82, 2.24) is 9.55 Å². The quantitative estimate of drug-likeness (QED) is 0.620. The maximum atomic E-state index is 5.38. The molecule has 1 rings (SSSR count). The van der Waals surface area contributed by atoms with Crippen molar-refractivity contribution >= 4 is 0 Å². The molecule has 0 bridgehead atoms. The zero-order valence-corrected chi connectivity index (χ0v) is 8.85. The molecule has 0 unspecified atom stereocenters. The fourth-order valence-electron chi connectivity index (χ4n) is 1.03. The van der Waals surface area contributed by atoms with Crippen molar-refractivity contribution in [3.8, 4) is 0 Å². The number of imidazole rings is 1. The second-order valence-corrected chi connectivity index (χ2v) is 3.33. The third-order valence-electron chi connectivity index (χ3n) is 1.73. The molecule has 80 valence electrons. The summed E-state index contributed by atoms with van der Waals surface area (Å²) in [6.45, 7) is 6.92. The molecular weight excluding hydrogens is 180 g/mol. The summed E-state index contributed by atoms with van der Waals surface area (Å²) in [6.07, 6.45) is 5.76. The van der Waals surface area contributed by atoms with E-state index in [4.69, 9.17) is 9.47 Å². The summed E-state index contributed by atoms with van der Waals surface area (Å²) < 4.78 is 12.7. The van der Waals surface area contributed by atoms with Gasteiger partial charge in [-0.05, 0) is 13.8 Å². The molecule has 0 amide bonds. The Kier molecular flexibility index (Phi) is 5.25. The van der Waals surface area contributed by atoms with Gasteiger partial charge >= 0.3 is 0 Å². The Morgan fingerprint density at radius 3 is 2.79 bits per heavy atom. The van der Waals surface area contributed by atoms with Gasteiger partial charge in [0, 0.05) is 18.9 Å². The van der Waals surface area contributed by atoms with Crippen LogP contribution in [-0.2, 0) is 16.0 Å². The van der Waals surface area contributed by atoms with E-state index >= 15 is 0 Å². The predicted molar refractivity (Wildman–Crippen MR) is 54.1 cm³/mol. The Morgan fingerprint density at radius 2 is 2.14 bits per heavy atom. The highest BCUT2D eigenvalue weighted by molar-refractivity contribution is 4.73. The van der Waals surface area contributed by atoms with E-state index in [9.17, 15) is 0 Å². The number of rotatable bonds is 7. The molecule has 0 N–H and O–H groups in total. The van der Waals surface area contributed by atoms with Crippen molar-refractivity contribution in [2.75, 3.05) is 19.8 Å². The number of hydrogen-bond acceptors (Lipinski definition) is 3. The average Bonchev–Trinajstić information content (AvgIpc) is 2.63. The Hall–Kier alpha value is -0.870. The van der Waals surface area contributed by atoms with Gasteiger partial charge in [-0.2, -0.15) is 0 Å². The van der Waals surface area contributed by atoms with Crippen LogP contribution in [0.25, 0.3) is 0 Å². The van der Waals surface area contributed by atoms with Gasteiger partial charge in [-0.25, -0.2) is 4.98 Å². The first kappa shape index (κ1) is 11.2. The lowest BCUT2D eigenvalue weighted by molar-refractivity contribution is 0.0177. The molecule has 0 fully saturated rings. The summed E-state index contributed by atoms with van der Waals surface area (Å²) in [5, 5.41) is 0. The van der Waals surface area contributed by atoms with Crippen LogP contribution in [-0.4, -0.2) is 35.5 Å². The van der Waals surface area contributed by atoms with Gasteiger partial charge in [0.25, 0.3) is 0 Å². The van der Waals surface area contributed by atoms with Crippen LogP contribution in [0.2, 0.25) is 0 Å². The number of nitrogens with zero attached hydrogens (tertiary/aromatic N) is 2. The first-order valence-corrected chi connectivity index (χ1v) is 4.94. The van der Waals surface area contributed by atoms with Crippen molar-refractivity contribution in [3.63, 3.8) is 0 Å². The third-order valence-corrected chi connectivity index (χ3v) is 1.73. The summed E-state index contributed by atoms with van der Waals surface area (Å²) in [4.78, 5) is 3.94. The summed E-state index contributed by atoms with van der Waals surface area (Å²) >= 11 is 0. The standard InChI is InChI=1S/C10H18N2O2/c1-10(2)14-8-7-13-6-5-12-4-3-11-9-12/h3-4,9-10H,5-8H2,1-2H3. The van der Waals surface area contributed by atoms with Gasteiger partial charge in [0.1, 0.15) is 0 Å². The van der Waals surface area contributed by atoms with Crippen molar-refractivity contribution in [2.24, 2.45) is 0 Å². The molecule has 0 saturated carbocycles. The molecule has 0 aliphatic carbocycles. The topological polar surface area (TPSA) is 36.3 Å². The van der Waals surface area contributed by atoms with Crippen LogP contribution >= 0.6 is 0 Å². The fourth-order valence-corrected chi connectivity index (χ4v) is 1.03. The van der Waals surface area contributed by atoms with Gasteiger partial charge in [-0.15, -0.1) is 0 Å². The molecule has 14 heavy (non-hydrogen) atoms. The van der Waals surface area contributed by atoms with Crippen molar-refractivity contribution in [2.45, 2.75) is 26.5 Å². The predicted octanol–water partition coefficient (Wildman–Crippen LogP) is 1.32. The highest BCUT2D eigenvalue weighted by atomic mass is 16.5. The molecule has 0 aliphatic heterocycles. The van der Waals surface area contributed by atoms with Crippen LogP contribution in [0.1, 0.15) is 13.8 Å². The number of aromatic nitrogens is 2. The zero-order valence-electron chi connectivity index (χ0n) is 8.85. The van der Waals surface area contributed by atoms with Crippen LogP contribution in [0.4, 0.5) is 0 Å². The van der Waals surface area contributed by atoms with Crippen LogP contribution in [0.3, 0.4) is 0 Å². The monoisotopic (exact) mass is 198 g/mol. The first-order chi connectivity index (χ1) is 6.79. The van der Waals surface area contributed by atoms with E-state index in [-0.39, 0.29) is 6.10 Å². The zero-order chi connectivity index (χ0) is 10.2. The Bertz CT molecular complexity index is 222. The summed E-state index contributed by atoms with van der Waals surface area (Å²) in [7, 11) is 0. The molecule has 0 aliphatic rings. The van der Waals surface area contributed by atoms with Crippen LogP contribution in [0.15, 0.2) is 18.7 Å². The third kappa shape index (κ3) is 4.99. The van der Waals surface area contributed by atoms with E-state index in [2.05, 4.69) is 4.98 Å². The minimum absolute atomic E-state index is 0.284. The van der Waals surface area contributed by atoms with Gasteiger partial charge in [-0.3, -0.25) is 0 Å². The first-order valence-electron chi connectivity index (χ1n) is 4.94. The minimum Gasteiger partial charge on any atom is -0.377 e. The smallest absolute Gasteiger partial charge is 0.0946 e. The average molecular weight is 198 g/mol. The molecule has 0 saturated heterocycles. The SMILES string of the molecule is CC(C)OCCOCCn1ccnc1. The Labute approximate surface area is 84.9 Å². The van der Waals surface area contributed by atoms with Gasteiger partial charge < -0.3 is 14.0 Å². The van der Waals surface area contributed by atoms with Crippen LogP contribution in [0.5, 0.6) is 0 Å². The molecule has 1 aromatic rings. The molecule has 0 spiro atoms. The van der Waals surface area contributed by atoms with E-state index in [1.54, 1.807) is 12.5 Å². The lowest BCUT2D eigenvalue weighted by Gasteiger charge is -2.08. The normalized spacial score (nSPS) is 11.1. The van der Waals surface area contributed by atoms with E-state index in [1.165, 1.54) is 0 Å². The second-order valence-electron chi connectivity index (χ2n) is 3.33. The lowest BCUT2D eigenvalue weighted by Crippen LogP contribution is -2.12. The van der Waals surface area contributed by atoms with E-state index in [1.807, 2.05) is 24.6 Å². The van der Waals surface area contributed by atoms with E-state index in [0.29, 0.717) is 19.8 Å². The van der Waals surface area contributed by atoms with Crippen LogP contribution < -0.4 is 0 Å². The van der Waals surface area contributed by atoms with Gasteiger partial charge in [0.15, 0.2) is 0 Å². The Balaban J connectivity index is 1.90. The fraction of sp³-hybridized carbons (Fsp3) is 0.700. The maximum Gasteiger partial charge on any atom is 0.0946 e. The summed E-state index contributed by atoms with van der Waals surface area (Å²) in [5.41, 5.74) is 0. The molecular formula is C10H18N2O2. The van der Waals surface area contributed by atoms with Crippen molar-refractivity contribution in [3.05, 3.63) is 18.7 Å². The lowest BCUT2D eigenvalue weighted by atomic mass is 10.5. The highest BCUT2D eigenvalue weighted by Gasteiger charge is 1.93. The Morgan fingerprint density at radius 1 is 1.29 bits per heavy atom. The van der Waals surface area contributed by atoms with Gasteiger partial charge in [0.05, 0.1) is 32.3 Å². The molecule has 0 aromatic carbocycles. The highest BCUT2D eigenvalue weighted by Crippen LogP contribution is 1.89. The van der Waals surface area contributed by atoms with Gasteiger partial charge in [-0.1, -0.05) is 0 Å². The van der Waals surface area contributed by atoms with Crippen molar-refractivity contribution in [1.29, 1.82) is 0 Å². The molecule has 4 heteroatoms. The largest absolute Gasteiger partial charge is 0.377 e. The summed E-state index contributed by atoms with van der Waals surface area (Å²) in [5.74, 6) is 0. The van der Waals surface area contributed by atoms with Gasteiger partial charge in [0.2, 0.25) is 0 Å². The molecule has 1 aromatic heterocycles. The van der Waals surface area contributed by atoms with Crippen LogP contribution in [0, 0.1) is 0 Å². The summed E-state index contributed by atoms with van der Waals surface area (Å²) in [6, 6.07) is 0. The van der Waals surface area contributed by atoms with Crippen molar-refractivity contribution < 1.29 is 9.47 Å². The number of hydrogen-bond donors (Lipinski definition) is 0. The minimum atomic E-state index is 0.284. The molecule has 0 atom stereocenters. The molecule has 1 heterocycles. The molecule has 4 nitrogen and oxygen atoms in total. The molecule has 0 radical (unpaired) electrons. The second kappa shape index (κ2) is 6.56. The van der Waals surface area contributed by atoms with E-state index < -0.39 is 0 Å². The van der Waals surface area contributed by atoms with E-state index in [0.717, 1.165) is 6.54 Å².